The molecule has 0 bridgehead atoms. The van der Waals surface area contributed by atoms with Crippen LogP contribution in [0.15, 0.2) is 24.4 Å². The normalized spacial score (nSPS) is 18.4. The maximum atomic E-state index is 11.4. The van der Waals surface area contributed by atoms with Crippen molar-refractivity contribution in [1.29, 1.82) is 0 Å². The van der Waals surface area contributed by atoms with Gasteiger partial charge in [-0.2, -0.15) is 0 Å². The Morgan fingerprint density at radius 2 is 2.29 bits per heavy atom. The Morgan fingerprint density at radius 3 is 2.93 bits per heavy atom. The number of carbonyl (C=O) groups excluding carboxylic acids is 1. The largest absolute Gasteiger partial charge is 0.345 e. The van der Waals surface area contributed by atoms with Gasteiger partial charge in [0.25, 0.3) is 0 Å². The molecule has 0 aromatic carbocycles. The second kappa shape index (κ2) is 3.33. The Bertz CT molecular complexity index is 390. The van der Waals surface area contributed by atoms with Crippen LogP contribution in [0.1, 0.15) is 19.5 Å². The Labute approximate surface area is 83.6 Å². The topological polar surface area (TPSA) is 25.2 Å². The van der Waals surface area contributed by atoms with Gasteiger partial charge in [0.1, 0.15) is 0 Å². The number of amides is 1. The average Bonchev–Trinajstić information content (AvgIpc) is 2.63. The molecule has 1 aromatic rings. The summed E-state index contributed by atoms with van der Waals surface area (Å²) in [5.74, 6) is 0.116. The van der Waals surface area contributed by atoms with E-state index in [4.69, 9.17) is 0 Å². The summed E-state index contributed by atoms with van der Waals surface area (Å²) in [6, 6.07) is 4.06. The lowest BCUT2D eigenvalue weighted by Gasteiger charge is -2.30. The summed E-state index contributed by atoms with van der Waals surface area (Å²) in [5, 5.41) is 0. The molecule has 1 aliphatic rings. The summed E-state index contributed by atoms with van der Waals surface area (Å²) in [6.45, 7) is 5.24. The molecule has 0 radical (unpaired) electrons. The fraction of sp³-hybridized carbons (Fsp3) is 0.364. The molecule has 2 rings (SSSR count). The minimum Gasteiger partial charge on any atom is -0.345 e. The first-order chi connectivity index (χ1) is 6.74. The van der Waals surface area contributed by atoms with Crippen molar-refractivity contribution >= 4 is 11.6 Å². The fourth-order valence-electron chi connectivity index (χ4n) is 1.94. The van der Waals surface area contributed by atoms with Crippen molar-refractivity contribution in [1.82, 2.24) is 9.47 Å². The number of carbonyl (C=O) groups is 1. The first-order valence-corrected chi connectivity index (χ1v) is 4.84. The summed E-state index contributed by atoms with van der Waals surface area (Å²) >= 11 is 0. The van der Waals surface area contributed by atoms with E-state index in [1.165, 1.54) is 0 Å². The Morgan fingerprint density at radius 1 is 1.50 bits per heavy atom. The first-order valence-electron chi connectivity index (χ1n) is 4.84. The standard InChI is InChI=1S/C11H14N2O/c1-3-10-11-5-4-6-12(11)7-8-13(10)9(2)14/h3-6H,7-8H2,1-2H3/b10-3-. The van der Waals surface area contributed by atoms with Crippen LogP contribution < -0.4 is 0 Å². The molecule has 1 amide bonds. The van der Waals surface area contributed by atoms with E-state index in [0.717, 1.165) is 24.5 Å². The predicted octanol–water partition coefficient (Wildman–Crippen LogP) is 1.71. The molecule has 14 heavy (non-hydrogen) atoms. The number of fused-ring (bicyclic) bond motifs is 1. The summed E-state index contributed by atoms with van der Waals surface area (Å²) < 4.78 is 2.18. The van der Waals surface area contributed by atoms with Crippen molar-refractivity contribution in [2.75, 3.05) is 6.54 Å². The van der Waals surface area contributed by atoms with Gasteiger partial charge >= 0.3 is 0 Å². The number of rotatable bonds is 0. The summed E-state index contributed by atoms with van der Waals surface area (Å²) in [5.41, 5.74) is 2.16. The summed E-state index contributed by atoms with van der Waals surface area (Å²) in [4.78, 5) is 13.2. The zero-order valence-electron chi connectivity index (χ0n) is 8.53. The number of allylic oxidation sites excluding steroid dienone is 1. The third-order valence-corrected chi connectivity index (χ3v) is 2.60. The van der Waals surface area contributed by atoms with Gasteiger partial charge in [-0.05, 0) is 19.1 Å². The first kappa shape index (κ1) is 9.06. The molecule has 0 fully saturated rings. The van der Waals surface area contributed by atoms with Crippen LogP contribution in [-0.4, -0.2) is 21.9 Å². The molecule has 74 valence electrons. The molecule has 0 N–H and O–H groups in total. The van der Waals surface area contributed by atoms with E-state index >= 15 is 0 Å². The van der Waals surface area contributed by atoms with E-state index in [1.807, 2.05) is 30.0 Å². The van der Waals surface area contributed by atoms with Crippen molar-refractivity contribution in [2.24, 2.45) is 0 Å². The monoisotopic (exact) mass is 190 g/mol. The molecule has 0 spiro atoms. The molecule has 0 unspecified atom stereocenters. The highest BCUT2D eigenvalue weighted by Crippen LogP contribution is 2.24. The molecule has 1 aliphatic heterocycles. The van der Waals surface area contributed by atoms with Gasteiger partial charge in [0.15, 0.2) is 0 Å². The van der Waals surface area contributed by atoms with Gasteiger partial charge in [0, 0.05) is 26.2 Å². The van der Waals surface area contributed by atoms with Crippen molar-refractivity contribution in [3.8, 4) is 0 Å². The quantitative estimate of drug-likeness (QED) is 0.611. The number of nitrogens with zero attached hydrogens (tertiary/aromatic N) is 2. The molecule has 0 aliphatic carbocycles. The number of hydrogen-bond donors (Lipinski definition) is 0. The smallest absolute Gasteiger partial charge is 0.223 e. The Balaban J connectivity index is 2.44. The van der Waals surface area contributed by atoms with Crippen LogP contribution >= 0.6 is 0 Å². The van der Waals surface area contributed by atoms with Gasteiger partial charge in [-0.15, -0.1) is 0 Å². The van der Waals surface area contributed by atoms with Crippen LogP contribution in [0.3, 0.4) is 0 Å². The van der Waals surface area contributed by atoms with Gasteiger partial charge in [-0.1, -0.05) is 6.08 Å². The maximum absolute atomic E-state index is 11.4. The molecule has 0 saturated heterocycles. The van der Waals surface area contributed by atoms with Crippen molar-refractivity contribution in [2.45, 2.75) is 20.4 Å². The van der Waals surface area contributed by atoms with Gasteiger partial charge < -0.3 is 9.47 Å². The second-order valence-electron chi connectivity index (χ2n) is 3.43. The van der Waals surface area contributed by atoms with Crippen LogP contribution in [0.5, 0.6) is 0 Å². The molecular weight excluding hydrogens is 176 g/mol. The zero-order chi connectivity index (χ0) is 10.1. The molecule has 3 heteroatoms. The fourth-order valence-corrected chi connectivity index (χ4v) is 1.94. The van der Waals surface area contributed by atoms with Crippen LogP contribution in [0.25, 0.3) is 5.70 Å². The second-order valence-corrected chi connectivity index (χ2v) is 3.43. The highest BCUT2D eigenvalue weighted by atomic mass is 16.2. The Kier molecular flexibility index (Phi) is 2.15. The van der Waals surface area contributed by atoms with E-state index < -0.39 is 0 Å². The maximum Gasteiger partial charge on any atom is 0.223 e. The minimum atomic E-state index is 0.116. The van der Waals surface area contributed by atoms with Gasteiger partial charge in [0.05, 0.1) is 11.4 Å². The molecule has 0 atom stereocenters. The van der Waals surface area contributed by atoms with Gasteiger partial charge in [-0.25, -0.2) is 0 Å². The highest BCUT2D eigenvalue weighted by Gasteiger charge is 2.21. The van der Waals surface area contributed by atoms with E-state index in [-0.39, 0.29) is 5.91 Å². The molecular formula is C11H14N2O. The number of aromatic nitrogens is 1. The molecule has 2 heterocycles. The van der Waals surface area contributed by atoms with Crippen molar-refractivity contribution in [3.05, 3.63) is 30.1 Å². The third-order valence-electron chi connectivity index (χ3n) is 2.60. The lowest BCUT2D eigenvalue weighted by Crippen LogP contribution is -2.35. The predicted molar refractivity (Wildman–Crippen MR) is 55.5 cm³/mol. The van der Waals surface area contributed by atoms with Crippen LogP contribution in [-0.2, 0) is 11.3 Å². The van der Waals surface area contributed by atoms with Crippen molar-refractivity contribution < 1.29 is 4.79 Å². The molecule has 3 nitrogen and oxygen atoms in total. The minimum absolute atomic E-state index is 0.116. The lowest BCUT2D eigenvalue weighted by atomic mass is 10.2. The van der Waals surface area contributed by atoms with Gasteiger partial charge in [0.2, 0.25) is 5.91 Å². The van der Waals surface area contributed by atoms with Crippen LogP contribution in [0, 0.1) is 0 Å². The third kappa shape index (κ3) is 1.25. The van der Waals surface area contributed by atoms with E-state index in [9.17, 15) is 4.79 Å². The average molecular weight is 190 g/mol. The molecule has 1 aromatic heterocycles. The van der Waals surface area contributed by atoms with E-state index in [1.54, 1.807) is 6.92 Å². The SMILES string of the molecule is C/C=C1/c2cccn2CCN1C(C)=O. The van der Waals surface area contributed by atoms with Gasteiger partial charge in [-0.3, -0.25) is 4.79 Å². The molecule has 0 saturated carbocycles. The van der Waals surface area contributed by atoms with Crippen LogP contribution in [0.4, 0.5) is 0 Å². The summed E-state index contributed by atoms with van der Waals surface area (Å²) in [6.07, 6.45) is 4.04. The van der Waals surface area contributed by atoms with E-state index in [0.29, 0.717) is 0 Å². The van der Waals surface area contributed by atoms with Crippen LogP contribution in [0.2, 0.25) is 0 Å². The highest BCUT2D eigenvalue weighted by molar-refractivity contribution is 5.85. The lowest BCUT2D eigenvalue weighted by molar-refractivity contribution is -0.126. The Hall–Kier alpha value is -1.51. The zero-order valence-corrected chi connectivity index (χ0v) is 8.53. The van der Waals surface area contributed by atoms with Crippen molar-refractivity contribution in [3.63, 3.8) is 0 Å². The van der Waals surface area contributed by atoms with E-state index in [2.05, 4.69) is 10.8 Å². The number of hydrogen-bond acceptors (Lipinski definition) is 1. The summed E-state index contributed by atoms with van der Waals surface area (Å²) in [7, 11) is 0.